The largest absolute Gasteiger partial charge is 0.478 e. The SMILES string of the molecule is Cc1oc2c3c(ccc2c(=O)c1-c1ccc(Br)cc1)OCN(Cc1cccnc1)C3. The summed E-state index contributed by atoms with van der Waals surface area (Å²) in [7, 11) is 0. The second kappa shape index (κ2) is 7.70. The standard InChI is InChI=1S/C24H19BrN2O3/c1-15-22(17-4-6-18(25)7-5-17)23(28)19-8-9-21-20(24(19)30-15)13-27(14-29-21)12-16-3-2-10-26-11-16/h2-11H,12-14H2,1H3. The van der Waals surface area contributed by atoms with Crippen LogP contribution in [0.25, 0.3) is 22.1 Å². The molecule has 5 nitrogen and oxygen atoms in total. The van der Waals surface area contributed by atoms with Crippen LogP contribution in [0.3, 0.4) is 0 Å². The molecule has 0 spiro atoms. The normalized spacial score (nSPS) is 13.8. The van der Waals surface area contributed by atoms with Crippen molar-refractivity contribution >= 4 is 26.9 Å². The molecule has 1 aliphatic heterocycles. The van der Waals surface area contributed by atoms with Gasteiger partial charge < -0.3 is 9.15 Å². The third-order valence-corrected chi connectivity index (χ3v) is 5.87. The van der Waals surface area contributed by atoms with Crippen molar-refractivity contribution in [1.29, 1.82) is 0 Å². The van der Waals surface area contributed by atoms with Crippen LogP contribution >= 0.6 is 15.9 Å². The zero-order valence-electron chi connectivity index (χ0n) is 16.4. The maximum absolute atomic E-state index is 13.4. The monoisotopic (exact) mass is 462 g/mol. The molecule has 0 radical (unpaired) electrons. The van der Waals surface area contributed by atoms with E-state index >= 15 is 0 Å². The molecule has 1 aliphatic rings. The van der Waals surface area contributed by atoms with E-state index in [4.69, 9.17) is 9.15 Å². The predicted octanol–water partition coefficient (Wildman–Crippen LogP) is 5.28. The summed E-state index contributed by atoms with van der Waals surface area (Å²) < 4.78 is 13.2. The molecule has 6 heteroatoms. The van der Waals surface area contributed by atoms with Crippen LogP contribution in [0.2, 0.25) is 0 Å². The highest BCUT2D eigenvalue weighted by Crippen LogP contribution is 2.34. The van der Waals surface area contributed by atoms with E-state index in [0.29, 0.717) is 42.1 Å². The average molecular weight is 463 g/mol. The lowest BCUT2D eigenvalue weighted by Crippen LogP contribution is -2.31. The van der Waals surface area contributed by atoms with E-state index in [9.17, 15) is 4.79 Å². The minimum absolute atomic E-state index is 0.0248. The summed E-state index contributed by atoms with van der Waals surface area (Å²) >= 11 is 3.44. The fourth-order valence-electron chi connectivity index (χ4n) is 3.92. The molecule has 4 aromatic rings. The highest BCUT2D eigenvalue weighted by atomic mass is 79.9. The number of hydrogen-bond acceptors (Lipinski definition) is 5. The smallest absolute Gasteiger partial charge is 0.200 e. The minimum Gasteiger partial charge on any atom is -0.478 e. The summed E-state index contributed by atoms with van der Waals surface area (Å²) in [4.78, 5) is 19.7. The van der Waals surface area contributed by atoms with Gasteiger partial charge in [-0.3, -0.25) is 14.7 Å². The Labute approximate surface area is 182 Å². The third kappa shape index (κ3) is 3.42. The summed E-state index contributed by atoms with van der Waals surface area (Å²) in [5.74, 6) is 1.37. The first-order valence-corrected chi connectivity index (χ1v) is 10.5. The Bertz CT molecular complexity index is 1280. The molecule has 0 bridgehead atoms. The lowest BCUT2D eigenvalue weighted by molar-refractivity contribution is 0.0889. The van der Waals surface area contributed by atoms with Gasteiger partial charge in [-0.05, 0) is 48.4 Å². The van der Waals surface area contributed by atoms with Gasteiger partial charge in [0.1, 0.15) is 23.8 Å². The molecule has 0 fully saturated rings. The summed E-state index contributed by atoms with van der Waals surface area (Å²) in [6.07, 6.45) is 3.62. The van der Waals surface area contributed by atoms with Crippen molar-refractivity contribution in [3.05, 3.63) is 92.5 Å². The molecular weight excluding hydrogens is 444 g/mol. The van der Waals surface area contributed by atoms with Crippen LogP contribution in [0.15, 0.2) is 74.6 Å². The first-order valence-electron chi connectivity index (χ1n) is 9.69. The first-order chi connectivity index (χ1) is 14.6. The van der Waals surface area contributed by atoms with Crippen LogP contribution in [0.4, 0.5) is 0 Å². The third-order valence-electron chi connectivity index (χ3n) is 5.34. The number of rotatable bonds is 3. The maximum atomic E-state index is 13.4. The number of ether oxygens (including phenoxy) is 1. The second-order valence-electron chi connectivity index (χ2n) is 7.41. The molecule has 150 valence electrons. The first kappa shape index (κ1) is 19.0. The van der Waals surface area contributed by atoms with Gasteiger partial charge in [0.15, 0.2) is 0 Å². The van der Waals surface area contributed by atoms with E-state index < -0.39 is 0 Å². The van der Waals surface area contributed by atoms with Crippen molar-refractivity contribution in [2.24, 2.45) is 0 Å². The maximum Gasteiger partial charge on any atom is 0.200 e. The van der Waals surface area contributed by atoms with Crippen molar-refractivity contribution in [3.63, 3.8) is 0 Å². The Morgan fingerprint density at radius 1 is 1.13 bits per heavy atom. The predicted molar refractivity (Wildman–Crippen MR) is 119 cm³/mol. The fraction of sp³-hybridized carbons (Fsp3) is 0.167. The molecule has 30 heavy (non-hydrogen) atoms. The molecule has 5 rings (SSSR count). The van der Waals surface area contributed by atoms with Crippen LogP contribution in [-0.2, 0) is 13.1 Å². The molecule has 0 unspecified atom stereocenters. The molecule has 3 heterocycles. The lowest BCUT2D eigenvalue weighted by atomic mass is 10.0. The van der Waals surface area contributed by atoms with Gasteiger partial charge in [-0.2, -0.15) is 0 Å². The molecule has 0 atom stereocenters. The zero-order chi connectivity index (χ0) is 20.7. The van der Waals surface area contributed by atoms with E-state index in [1.807, 2.05) is 55.6 Å². The Balaban J connectivity index is 1.58. The quantitative estimate of drug-likeness (QED) is 0.414. The number of nitrogens with zero attached hydrogens (tertiary/aromatic N) is 2. The van der Waals surface area contributed by atoms with Crippen molar-refractivity contribution in [2.75, 3.05) is 6.73 Å². The molecule has 0 saturated heterocycles. The molecule has 0 N–H and O–H groups in total. The van der Waals surface area contributed by atoms with Crippen LogP contribution in [0.1, 0.15) is 16.9 Å². The average Bonchev–Trinajstić information content (AvgIpc) is 2.76. The molecule has 0 saturated carbocycles. The van der Waals surface area contributed by atoms with E-state index in [1.165, 1.54) is 0 Å². The highest BCUT2D eigenvalue weighted by Gasteiger charge is 2.24. The summed E-state index contributed by atoms with van der Waals surface area (Å²) in [6, 6.07) is 15.3. The Hall–Kier alpha value is -2.96. The van der Waals surface area contributed by atoms with Crippen molar-refractivity contribution in [3.8, 4) is 16.9 Å². The van der Waals surface area contributed by atoms with Gasteiger partial charge in [0, 0.05) is 30.0 Å². The number of pyridine rings is 1. The lowest BCUT2D eigenvalue weighted by Gasteiger charge is -2.29. The van der Waals surface area contributed by atoms with Crippen molar-refractivity contribution in [1.82, 2.24) is 9.88 Å². The van der Waals surface area contributed by atoms with E-state index in [1.54, 1.807) is 12.3 Å². The number of aryl methyl sites for hydroxylation is 1. The van der Waals surface area contributed by atoms with Crippen LogP contribution in [0.5, 0.6) is 5.75 Å². The molecule has 2 aromatic carbocycles. The molecule has 0 amide bonds. The summed E-state index contributed by atoms with van der Waals surface area (Å²) in [6.45, 7) is 3.67. The Kier molecular flexibility index (Phi) is 4.89. The Morgan fingerprint density at radius 2 is 1.97 bits per heavy atom. The van der Waals surface area contributed by atoms with Gasteiger partial charge in [0.05, 0.1) is 16.5 Å². The van der Waals surface area contributed by atoms with Gasteiger partial charge in [-0.1, -0.05) is 34.1 Å². The molecular formula is C24H19BrN2O3. The van der Waals surface area contributed by atoms with E-state index in [0.717, 1.165) is 26.9 Å². The van der Waals surface area contributed by atoms with Crippen LogP contribution in [-0.4, -0.2) is 16.6 Å². The summed E-state index contributed by atoms with van der Waals surface area (Å²) in [5, 5.41) is 0.573. The van der Waals surface area contributed by atoms with Crippen LogP contribution in [0, 0.1) is 6.92 Å². The topological polar surface area (TPSA) is 55.6 Å². The second-order valence-corrected chi connectivity index (χ2v) is 8.33. The van der Waals surface area contributed by atoms with Gasteiger partial charge >= 0.3 is 0 Å². The number of halogens is 1. The highest BCUT2D eigenvalue weighted by molar-refractivity contribution is 9.10. The van der Waals surface area contributed by atoms with Crippen molar-refractivity contribution in [2.45, 2.75) is 20.0 Å². The van der Waals surface area contributed by atoms with Crippen molar-refractivity contribution < 1.29 is 9.15 Å². The number of aromatic nitrogens is 1. The Morgan fingerprint density at radius 3 is 2.73 bits per heavy atom. The van der Waals surface area contributed by atoms with Gasteiger partial charge in [-0.15, -0.1) is 0 Å². The zero-order valence-corrected chi connectivity index (χ0v) is 18.0. The van der Waals surface area contributed by atoms with Gasteiger partial charge in [0.2, 0.25) is 5.43 Å². The van der Waals surface area contributed by atoms with E-state index in [-0.39, 0.29) is 5.43 Å². The molecule has 0 aliphatic carbocycles. The van der Waals surface area contributed by atoms with E-state index in [2.05, 4.69) is 25.8 Å². The van der Waals surface area contributed by atoms with Gasteiger partial charge in [-0.25, -0.2) is 0 Å². The number of fused-ring (bicyclic) bond motifs is 3. The summed E-state index contributed by atoms with van der Waals surface area (Å²) in [5.41, 5.74) is 4.04. The number of hydrogen-bond donors (Lipinski definition) is 0. The minimum atomic E-state index is -0.0248. The fourth-order valence-corrected chi connectivity index (χ4v) is 4.19. The van der Waals surface area contributed by atoms with Gasteiger partial charge in [0.25, 0.3) is 0 Å². The van der Waals surface area contributed by atoms with Crippen LogP contribution < -0.4 is 10.2 Å². The molecule has 2 aromatic heterocycles. The number of benzene rings is 2.